The normalized spacial score (nSPS) is 21.3. The molecule has 1 aromatic heterocycles. The van der Waals surface area contributed by atoms with E-state index in [1.54, 1.807) is 6.07 Å². The summed E-state index contributed by atoms with van der Waals surface area (Å²) in [5.41, 5.74) is 0.906. The highest BCUT2D eigenvalue weighted by atomic mass is 35.5. The molecule has 2 rings (SSSR count). The molecule has 2 nitrogen and oxygen atoms in total. The number of likely N-dealkylation sites (tertiary alicyclic amines) is 1. The summed E-state index contributed by atoms with van der Waals surface area (Å²) in [7, 11) is 0. The van der Waals surface area contributed by atoms with E-state index in [1.807, 2.05) is 6.07 Å². The minimum absolute atomic E-state index is 0.526. The van der Waals surface area contributed by atoms with E-state index in [-0.39, 0.29) is 0 Å². The van der Waals surface area contributed by atoms with Gasteiger partial charge in [-0.15, -0.1) is 0 Å². The zero-order valence-electron chi connectivity index (χ0n) is 11.5. The van der Waals surface area contributed by atoms with Crippen LogP contribution >= 0.6 is 23.2 Å². The third-order valence-electron chi connectivity index (χ3n) is 3.90. The summed E-state index contributed by atoms with van der Waals surface area (Å²) in [6.45, 7) is 5.39. The first-order chi connectivity index (χ1) is 9.19. The Kier molecular flexibility index (Phi) is 5.93. The Morgan fingerprint density at radius 3 is 2.89 bits per heavy atom. The van der Waals surface area contributed by atoms with Crippen molar-refractivity contribution in [1.82, 2.24) is 9.88 Å². The first-order valence-electron chi connectivity index (χ1n) is 7.22. The molecule has 1 fully saturated rings. The van der Waals surface area contributed by atoms with Gasteiger partial charge in [0.15, 0.2) is 0 Å². The molecule has 1 saturated heterocycles. The van der Waals surface area contributed by atoms with Crippen LogP contribution in [-0.2, 0) is 6.54 Å². The third kappa shape index (κ3) is 4.62. The summed E-state index contributed by atoms with van der Waals surface area (Å²) in [6.07, 6.45) is 6.60. The summed E-state index contributed by atoms with van der Waals surface area (Å²) < 4.78 is 0. The van der Waals surface area contributed by atoms with Gasteiger partial charge in [-0.2, -0.15) is 0 Å². The number of hydrogen-bond acceptors (Lipinski definition) is 2. The first-order valence-corrected chi connectivity index (χ1v) is 7.98. The van der Waals surface area contributed by atoms with Crippen LogP contribution in [0.15, 0.2) is 12.1 Å². The van der Waals surface area contributed by atoms with Crippen molar-refractivity contribution in [2.24, 2.45) is 5.92 Å². The molecule has 0 radical (unpaired) electrons. The van der Waals surface area contributed by atoms with Crippen LogP contribution in [0.3, 0.4) is 0 Å². The predicted molar refractivity (Wildman–Crippen MR) is 81.8 cm³/mol. The molecule has 0 N–H and O–H groups in total. The van der Waals surface area contributed by atoms with Crippen molar-refractivity contribution >= 4 is 23.2 Å². The maximum Gasteiger partial charge on any atom is 0.129 e. The van der Waals surface area contributed by atoms with Crippen LogP contribution in [0.1, 0.15) is 44.7 Å². The molecule has 1 atom stereocenters. The van der Waals surface area contributed by atoms with Crippen molar-refractivity contribution in [3.8, 4) is 0 Å². The SMILES string of the molecule is CCCC1CCCN(Cc2nc(Cl)ccc2Cl)CC1. The Morgan fingerprint density at radius 2 is 2.11 bits per heavy atom. The van der Waals surface area contributed by atoms with Crippen molar-refractivity contribution in [2.45, 2.75) is 45.6 Å². The molecule has 106 valence electrons. The molecular formula is C15H22Cl2N2. The van der Waals surface area contributed by atoms with Crippen molar-refractivity contribution in [3.05, 3.63) is 28.0 Å². The standard InChI is InChI=1S/C15H22Cl2N2/c1-2-4-12-5-3-9-19(10-8-12)11-14-13(16)6-7-15(17)18-14/h6-7,12H,2-5,8-11H2,1H3. The minimum atomic E-state index is 0.526. The molecule has 0 amide bonds. The Morgan fingerprint density at radius 1 is 1.26 bits per heavy atom. The lowest BCUT2D eigenvalue weighted by molar-refractivity contribution is 0.268. The van der Waals surface area contributed by atoms with Gasteiger partial charge in [0.2, 0.25) is 0 Å². The van der Waals surface area contributed by atoms with Crippen LogP contribution in [0.5, 0.6) is 0 Å². The molecule has 4 heteroatoms. The van der Waals surface area contributed by atoms with Crippen molar-refractivity contribution in [1.29, 1.82) is 0 Å². The second kappa shape index (κ2) is 7.47. The lowest BCUT2D eigenvalue weighted by atomic mass is 9.96. The summed E-state index contributed by atoms with van der Waals surface area (Å²) in [5.74, 6) is 0.901. The lowest BCUT2D eigenvalue weighted by Gasteiger charge is -2.20. The summed E-state index contributed by atoms with van der Waals surface area (Å²) in [4.78, 5) is 6.80. The number of rotatable bonds is 4. The number of halogens is 2. The average molecular weight is 301 g/mol. The van der Waals surface area contributed by atoms with E-state index in [0.29, 0.717) is 5.15 Å². The van der Waals surface area contributed by atoms with Gasteiger partial charge in [-0.3, -0.25) is 4.90 Å². The zero-order valence-corrected chi connectivity index (χ0v) is 13.1. The molecule has 0 saturated carbocycles. The largest absolute Gasteiger partial charge is 0.297 e. The maximum atomic E-state index is 6.19. The predicted octanol–water partition coefficient (Wildman–Crippen LogP) is 4.79. The van der Waals surface area contributed by atoms with Crippen LogP contribution in [0.25, 0.3) is 0 Å². The molecular weight excluding hydrogens is 279 g/mol. The highest BCUT2D eigenvalue weighted by Gasteiger charge is 2.17. The molecule has 1 unspecified atom stereocenters. The van der Waals surface area contributed by atoms with Crippen molar-refractivity contribution in [2.75, 3.05) is 13.1 Å². The van der Waals surface area contributed by atoms with Gasteiger partial charge in [-0.25, -0.2) is 4.98 Å². The summed E-state index contributed by atoms with van der Waals surface area (Å²) >= 11 is 12.1. The van der Waals surface area contributed by atoms with E-state index in [1.165, 1.54) is 32.1 Å². The molecule has 0 aliphatic carbocycles. The average Bonchev–Trinajstić information content (AvgIpc) is 2.60. The Labute approximate surface area is 126 Å². The second-order valence-electron chi connectivity index (χ2n) is 5.42. The van der Waals surface area contributed by atoms with Gasteiger partial charge in [0.05, 0.1) is 10.7 Å². The molecule has 1 aliphatic rings. The molecule has 2 heterocycles. The molecule has 1 aromatic rings. The molecule has 0 bridgehead atoms. The molecule has 19 heavy (non-hydrogen) atoms. The molecule has 0 aromatic carbocycles. The fraction of sp³-hybridized carbons (Fsp3) is 0.667. The fourth-order valence-electron chi connectivity index (χ4n) is 2.86. The number of nitrogens with zero attached hydrogens (tertiary/aromatic N) is 2. The van der Waals surface area contributed by atoms with Crippen LogP contribution in [0.2, 0.25) is 10.2 Å². The van der Waals surface area contributed by atoms with Gasteiger partial charge >= 0.3 is 0 Å². The lowest BCUT2D eigenvalue weighted by Crippen LogP contribution is -2.25. The number of aromatic nitrogens is 1. The van der Waals surface area contributed by atoms with E-state index in [4.69, 9.17) is 23.2 Å². The Balaban J connectivity index is 1.94. The third-order valence-corrected chi connectivity index (χ3v) is 4.45. The highest BCUT2D eigenvalue weighted by molar-refractivity contribution is 6.32. The monoisotopic (exact) mass is 300 g/mol. The van der Waals surface area contributed by atoms with E-state index < -0.39 is 0 Å². The topological polar surface area (TPSA) is 16.1 Å². The van der Waals surface area contributed by atoms with Crippen LogP contribution in [0, 0.1) is 5.92 Å². The van der Waals surface area contributed by atoms with Gasteiger partial charge < -0.3 is 0 Å². The highest BCUT2D eigenvalue weighted by Crippen LogP contribution is 2.24. The Bertz CT molecular complexity index is 409. The van der Waals surface area contributed by atoms with Crippen LogP contribution < -0.4 is 0 Å². The van der Waals surface area contributed by atoms with Gasteiger partial charge in [0.1, 0.15) is 5.15 Å². The van der Waals surface area contributed by atoms with Crippen molar-refractivity contribution in [3.63, 3.8) is 0 Å². The summed E-state index contributed by atoms with van der Waals surface area (Å²) in [5, 5.41) is 1.25. The fourth-order valence-corrected chi connectivity index (χ4v) is 3.19. The number of hydrogen-bond donors (Lipinski definition) is 0. The quantitative estimate of drug-likeness (QED) is 0.743. The summed E-state index contributed by atoms with van der Waals surface area (Å²) in [6, 6.07) is 3.58. The van der Waals surface area contributed by atoms with E-state index in [0.717, 1.165) is 36.3 Å². The zero-order chi connectivity index (χ0) is 13.7. The molecule has 0 spiro atoms. The molecule has 1 aliphatic heterocycles. The maximum absolute atomic E-state index is 6.19. The minimum Gasteiger partial charge on any atom is -0.297 e. The van der Waals surface area contributed by atoms with Gasteiger partial charge in [-0.05, 0) is 50.4 Å². The number of pyridine rings is 1. The first kappa shape index (κ1) is 15.1. The van der Waals surface area contributed by atoms with E-state index >= 15 is 0 Å². The van der Waals surface area contributed by atoms with Crippen LogP contribution in [0.4, 0.5) is 0 Å². The van der Waals surface area contributed by atoms with Gasteiger partial charge in [0.25, 0.3) is 0 Å². The van der Waals surface area contributed by atoms with Gasteiger partial charge in [-0.1, -0.05) is 43.0 Å². The van der Waals surface area contributed by atoms with Gasteiger partial charge in [0, 0.05) is 6.54 Å². The van der Waals surface area contributed by atoms with E-state index in [2.05, 4.69) is 16.8 Å². The Hall–Kier alpha value is -0.310. The smallest absolute Gasteiger partial charge is 0.129 e. The second-order valence-corrected chi connectivity index (χ2v) is 6.22. The van der Waals surface area contributed by atoms with E-state index in [9.17, 15) is 0 Å². The van der Waals surface area contributed by atoms with Crippen molar-refractivity contribution < 1.29 is 0 Å². The van der Waals surface area contributed by atoms with Crippen LogP contribution in [-0.4, -0.2) is 23.0 Å².